The van der Waals surface area contributed by atoms with E-state index >= 15 is 0 Å². The van der Waals surface area contributed by atoms with Gasteiger partial charge in [-0.05, 0) is 31.5 Å². The SMILES string of the molecule is COc1ccc(O)c(CN[C@H](C)CCO)c1. The fourth-order valence-electron chi connectivity index (χ4n) is 1.41. The van der Waals surface area contributed by atoms with Crippen LogP contribution in [0.25, 0.3) is 0 Å². The molecule has 0 aliphatic rings. The summed E-state index contributed by atoms with van der Waals surface area (Å²) in [6, 6.07) is 5.35. The Hall–Kier alpha value is -1.26. The number of methoxy groups -OCH3 is 1. The van der Waals surface area contributed by atoms with Gasteiger partial charge in [0.05, 0.1) is 7.11 Å². The molecule has 1 rings (SSSR count). The lowest BCUT2D eigenvalue weighted by molar-refractivity contribution is 0.268. The lowest BCUT2D eigenvalue weighted by Gasteiger charge is -2.13. The van der Waals surface area contributed by atoms with Gasteiger partial charge in [0.1, 0.15) is 11.5 Å². The number of nitrogens with one attached hydrogen (secondary N) is 1. The maximum atomic E-state index is 9.63. The Labute approximate surface area is 95.9 Å². The molecule has 0 amide bonds. The van der Waals surface area contributed by atoms with Gasteiger partial charge in [-0.15, -0.1) is 0 Å². The summed E-state index contributed by atoms with van der Waals surface area (Å²) in [6.07, 6.45) is 0.699. The van der Waals surface area contributed by atoms with Gasteiger partial charge in [0, 0.05) is 24.8 Å². The lowest BCUT2D eigenvalue weighted by atomic mass is 10.1. The number of hydrogen-bond acceptors (Lipinski definition) is 4. The smallest absolute Gasteiger partial charge is 0.120 e. The van der Waals surface area contributed by atoms with Crippen LogP contribution in [0.3, 0.4) is 0 Å². The van der Waals surface area contributed by atoms with E-state index in [-0.39, 0.29) is 18.4 Å². The number of aliphatic hydroxyl groups is 1. The molecule has 0 fully saturated rings. The summed E-state index contributed by atoms with van der Waals surface area (Å²) < 4.78 is 5.09. The van der Waals surface area contributed by atoms with Crippen LogP contribution in [0.5, 0.6) is 11.5 Å². The van der Waals surface area contributed by atoms with Crippen LogP contribution >= 0.6 is 0 Å². The third kappa shape index (κ3) is 3.72. The minimum atomic E-state index is 0.165. The summed E-state index contributed by atoms with van der Waals surface area (Å²) in [4.78, 5) is 0. The third-order valence-electron chi connectivity index (χ3n) is 2.49. The molecule has 4 heteroatoms. The fraction of sp³-hybridized carbons (Fsp3) is 0.500. The molecule has 1 aromatic rings. The quantitative estimate of drug-likeness (QED) is 0.682. The van der Waals surface area contributed by atoms with Crippen molar-refractivity contribution in [1.82, 2.24) is 5.32 Å². The summed E-state index contributed by atoms with van der Waals surface area (Å²) in [7, 11) is 1.60. The van der Waals surface area contributed by atoms with Crippen LogP contribution in [0.1, 0.15) is 18.9 Å². The van der Waals surface area contributed by atoms with Gasteiger partial charge in [-0.1, -0.05) is 0 Å². The molecule has 0 saturated carbocycles. The van der Waals surface area contributed by atoms with Gasteiger partial charge in [-0.2, -0.15) is 0 Å². The van der Waals surface area contributed by atoms with Crippen LogP contribution in [-0.4, -0.2) is 30.0 Å². The number of phenolic OH excluding ortho intramolecular Hbond substituents is 1. The van der Waals surface area contributed by atoms with Gasteiger partial charge < -0.3 is 20.3 Å². The Morgan fingerprint density at radius 1 is 1.44 bits per heavy atom. The van der Waals surface area contributed by atoms with E-state index in [0.717, 1.165) is 11.3 Å². The number of aliphatic hydroxyl groups excluding tert-OH is 1. The van der Waals surface area contributed by atoms with Crippen molar-refractivity contribution in [2.75, 3.05) is 13.7 Å². The number of ether oxygens (including phenoxy) is 1. The number of hydrogen-bond donors (Lipinski definition) is 3. The van der Waals surface area contributed by atoms with Crippen molar-refractivity contribution in [2.45, 2.75) is 25.9 Å². The second-order valence-corrected chi connectivity index (χ2v) is 3.79. The summed E-state index contributed by atoms with van der Waals surface area (Å²) in [6.45, 7) is 2.72. The normalized spacial score (nSPS) is 12.4. The maximum Gasteiger partial charge on any atom is 0.120 e. The third-order valence-corrected chi connectivity index (χ3v) is 2.49. The minimum absolute atomic E-state index is 0.165. The molecular formula is C12H19NO3. The van der Waals surface area contributed by atoms with Gasteiger partial charge in [0.2, 0.25) is 0 Å². The summed E-state index contributed by atoms with van der Waals surface area (Å²) in [5.74, 6) is 0.980. The molecule has 0 aromatic heterocycles. The molecule has 1 atom stereocenters. The molecule has 0 radical (unpaired) electrons. The maximum absolute atomic E-state index is 9.63. The van der Waals surface area contributed by atoms with Crippen molar-refractivity contribution < 1.29 is 14.9 Å². The largest absolute Gasteiger partial charge is 0.508 e. The Kier molecular flexibility index (Phi) is 5.08. The van der Waals surface area contributed by atoms with Crippen molar-refractivity contribution in [3.63, 3.8) is 0 Å². The number of benzene rings is 1. The zero-order valence-corrected chi connectivity index (χ0v) is 9.73. The molecule has 1 aromatic carbocycles. The van der Waals surface area contributed by atoms with E-state index in [4.69, 9.17) is 9.84 Å². The zero-order chi connectivity index (χ0) is 12.0. The van der Waals surface area contributed by atoms with Crippen LogP contribution in [0.4, 0.5) is 0 Å². The number of rotatable bonds is 6. The van der Waals surface area contributed by atoms with Crippen molar-refractivity contribution >= 4 is 0 Å². The Balaban J connectivity index is 2.58. The Bertz CT molecular complexity index is 328. The van der Waals surface area contributed by atoms with Crippen molar-refractivity contribution in [3.8, 4) is 11.5 Å². The molecule has 3 N–H and O–H groups in total. The molecule has 4 nitrogen and oxygen atoms in total. The van der Waals surface area contributed by atoms with Gasteiger partial charge in [-0.3, -0.25) is 0 Å². The van der Waals surface area contributed by atoms with Crippen LogP contribution in [-0.2, 0) is 6.54 Å². The summed E-state index contributed by atoms with van der Waals surface area (Å²) in [5, 5.41) is 21.6. The van der Waals surface area contributed by atoms with Crippen LogP contribution in [0, 0.1) is 0 Å². The standard InChI is InChI=1S/C12H19NO3/c1-9(5-6-14)13-8-10-7-11(16-2)3-4-12(10)15/h3-4,7,9,13-15H,5-6,8H2,1-2H3/t9-/m1/s1. The average molecular weight is 225 g/mol. The monoisotopic (exact) mass is 225 g/mol. The highest BCUT2D eigenvalue weighted by Gasteiger charge is 2.05. The molecule has 0 aliphatic carbocycles. The Morgan fingerprint density at radius 3 is 2.81 bits per heavy atom. The average Bonchev–Trinajstić information content (AvgIpc) is 2.28. The van der Waals surface area contributed by atoms with Crippen LogP contribution < -0.4 is 10.1 Å². The number of phenols is 1. The first-order valence-electron chi connectivity index (χ1n) is 5.37. The minimum Gasteiger partial charge on any atom is -0.508 e. The highest BCUT2D eigenvalue weighted by atomic mass is 16.5. The van der Waals surface area contributed by atoms with Gasteiger partial charge in [0.15, 0.2) is 0 Å². The first-order valence-corrected chi connectivity index (χ1v) is 5.37. The molecule has 0 heterocycles. The van der Waals surface area contributed by atoms with Crippen molar-refractivity contribution in [2.24, 2.45) is 0 Å². The molecule has 16 heavy (non-hydrogen) atoms. The Morgan fingerprint density at radius 2 is 2.19 bits per heavy atom. The molecule has 90 valence electrons. The molecular weight excluding hydrogens is 206 g/mol. The lowest BCUT2D eigenvalue weighted by Crippen LogP contribution is -2.26. The van der Waals surface area contributed by atoms with E-state index in [1.165, 1.54) is 0 Å². The van der Waals surface area contributed by atoms with E-state index < -0.39 is 0 Å². The second-order valence-electron chi connectivity index (χ2n) is 3.79. The van der Waals surface area contributed by atoms with Gasteiger partial charge in [-0.25, -0.2) is 0 Å². The van der Waals surface area contributed by atoms with Crippen molar-refractivity contribution in [3.05, 3.63) is 23.8 Å². The second kappa shape index (κ2) is 6.35. The van der Waals surface area contributed by atoms with Gasteiger partial charge in [0.25, 0.3) is 0 Å². The van der Waals surface area contributed by atoms with Crippen LogP contribution in [0.2, 0.25) is 0 Å². The molecule has 0 aliphatic heterocycles. The highest BCUT2D eigenvalue weighted by molar-refractivity contribution is 5.39. The van der Waals surface area contributed by atoms with E-state index in [2.05, 4.69) is 5.32 Å². The van der Waals surface area contributed by atoms with E-state index in [0.29, 0.717) is 13.0 Å². The van der Waals surface area contributed by atoms with Crippen LogP contribution in [0.15, 0.2) is 18.2 Å². The first-order chi connectivity index (χ1) is 7.67. The first kappa shape index (κ1) is 12.8. The summed E-state index contributed by atoms with van der Waals surface area (Å²) >= 11 is 0. The molecule has 0 spiro atoms. The molecule has 0 saturated heterocycles. The van der Waals surface area contributed by atoms with E-state index in [9.17, 15) is 5.11 Å². The summed E-state index contributed by atoms with van der Waals surface area (Å²) in [5.41, 5.74) is 0.795. The fourth-order valence-corrected chi connectivity index (χ4v) is 1.41. The zero-order valence-electron chi connectivity index (χ0n) is 9.73. The predicted molar refractivity (Wildman–Crippen MR) is 62.7 cm³/mol. The van der Waals surface area contributed by atoms with E-state index in [1.807, 2.05) is 6.92 Å². The van der Waals surface area contributed by atoms with Crippen molar-refractivity contribution in [1.29, 1.82) is 0 Å². The van der Waals surface area contributed by atoms with Gasteiger partial charge >= 0.3 is 0 Å². The number of aromatic hydroxyl groups is 1. The predicted octanol–water partition coefficient (Wildman–Crippen LogP) is 1.26. The van der Waals surface area contributed by atoms with E-state index in [1.54, 1.807) is 25.3 Å². The highest BCUT2D eigenvalue weighted by Crippen LogP contribution is 2.22. The molecule has 0 bridgehead atoms. The molecule has 0 unspecified atom stereocenters. The topological polar surface area (TPSA) is 61.7 Å².